The predicted octanol–water partition coefficient (Wildman–Crippen LogP) is 4.02. The summed E-state index contributed by atoms with van der Waals surface area (Å²) >= 11 is 0. The molecule has 0 aromatic carbocycles. The van der Waals surface area contributed by atoms with Crippen molar-refractivity contribution < 1.29 is 65.2 Å². The van der Waals surface area contributed by atoms with Crippen molar-refractivity contribution in [2.75, 3.05) is 0 Å². The first kappa shape index (κ1) is 31.1. The third-order valence-electron chi connectivity index (χ3n) is 4.77. The summed E-state index contributed by atoms with van der Waals surface area (Å²) in [6, 6.07) is -7.14. The third-order valence-corrected chi connectivity index (χ3v) is 4.77. The van der Waals surface area contributed by atoms with Crippen molar-refractivity contribution in [3.63, 3.8) is 0 Å². The lowest BCUT2D eigenvalue weighted by atomic mass is 9.93. The van der Waals surface area contributed by atoms with Crippen molar-refractivity contribution in [1.29, 1.82) is 0 Å². The molecule has 0 saturated carbocycles. The highest BCUT2D eigenvalue weighted by molar-refractivity contribution is 5.83. The van der Waals surface area contributed by atoms with Crippen LogP contribution in [-0.2, 0) is 19.1 Å². The summed E-state index contributed by atoms with van der Waals surface area (Å²) in [7, 11) is 0. The van der Waals surface area contributed by atoms with E-state index in [1.165, 1.54) is 41.5 Å². The number of aliphatic carboxylic acids is 2. The Bertz CT molecular complexity index is 792. The van der Waals surface area contributed by atoms with Gasteiger partial charge >= 0.3 is 36.5 Å². The molecule has 2 saturated heterocycles. The van der Waals surface area contributed by atoms with Gasteiger partial charge in [-0.3, -0.25) is 9.80 Å². The minimum absolute atomic E-state index is 0.230. The van der Waals surface area contributed by atoms with E-state index in [4.69, 9.17) is 19.7 Å². The topological polar surface area (TPSA) is 134 Å². The number of nitrogens with zero attached hydrogens (tertiary/aromatic N) is 2. The highest BCUT2D eigenvalue weighted by Crippen LogP contribution is 2.40. The maximum absolute atomic E-state index is 12.5. The van der Waals surface area contributed by atoms with Gasteiger partial charge in [-0.1, -0.05) is 0 Å². The van der Waals surface area contributed by atoms with Crippen LogP contribution in [0.2, 0.25) is 0 Å². The fourth-order valence-corrected chi connectivity index (χ4v) is 3.20. The van der Waals surface area contributed by atoms with Gasteiger partial charge < -0.3 is 19.7 Å². The summed E-state index contributed by atoms with van der Waals surface area (Å²) in [5.74, 6) is -2.94. The maximum atomic E-state index is 12.5. The molecule has 0 aliphatic carbocycles. The summed E-state index contributed by atoms with van der Waals surface area (Å²) in [5, 5.41) is 17.4. The Labute approximate surface area is 202 Å². The second kappa shape index (κ2) is 10.2. The van der Waals surface area contributed by atoms with Gasteiger partial charge in [0.05, 0.1) is 0 Å². The van der Waals surface area contributed by atoms with E-state index in [1.807, 2.05) is 0 Å². The van der Waals surface area contributed by atoms with Crippen LogP contribution in [0.5, 0.6) is 0 Å². The molecule has 2 N–H and O–H groups in total. The molecule has 4 atom stereocenters. The van der Waals surface area contributed by atoms with Crippen LogP contribution in [-0.4, -0.2) is 91.9 Å². The maximum Gasteiger partial charge on any atom is 0.411 e. The number of carboxylic acid groups (broad SMARTS) is 2. The number of carbonyl (C=O) groups is 4. The zero-order valence-electron chi connectivity index (χ0n) is 20.2. The van der Waals surface area contributed by atoms with E-state index in [0.717, 1.165) is 0 Å². The smallest absolute Gasteiger partial charge is 0.411 e. The van der Waals surface area contributed by atoms with Crippen LogP contribution >= 0.6 is 0 Å². The van der Waals surface area contributed by atoms with Crippen LogP contribution in [0.25, 0.3) is 0 Å². The van der Waals surface area contributed by atoms with E-state index >= 15 is 0 Å². The zero-order chi connectivity index (χ0) is 28.6. The van der Waals surface area contributed by atoms with Gasteiger partial charge in [0.25, 0.3) is 0 Å². The highest BCUT2D eigenvalue weighted by Gasteiger charge is 2.60. The molecular formula is C20H28F6N2O8. The number of halogens is 6. The van der Waals surface area contributed by atoms with Gasteiger partial charge in [0, 0.05) is 12.8 Å². The van der Waals surface area contributed by atoms with Crippen LogP contribution in [0.1, 0.15) is 54.4 Å². The van der Waals surface area contributed by atoms with Crippen LogP contribution < -0.4 is 0 Å². The first-order valence-corrected chi connectivity index (χ1v) is 10.5. The van der Waals surface area contributed by atoms with Crippen molar-refractivity contribution in [3.8, 4) is 0 Å². The summed E-state index contributed by atoms with van der Waals surface area (Å²) in [6.07, 6.45) is -13.1. The van der Waals surface area contributed by atoms with Gasteiger partial charge in [-0.05, 0) is 41.5 Å². The standard InChI is InChI=1S/2C10H14F3NO4/c2*1-9(2,3)18-8(17)14-5(7(15)16)4-6(14)10(11,12)13/h2*5-6H,4H2,1-3H3,(H,15,16)/t2*5-,6+/m10/s1. The molecule has 0 aromatic heterocycles. The van der Waals surface area contributed by atoms with E-state index < -0.39 is 84.7 Å². The van der Waals surface area contributed by atoms with E-state index in [-0.39, 0.29) is 9.80 Å². The minimum Gasteiger partial charge on any atom is -0.480 e. The Morgan fingerprint density at radius 3 is 1.06 bits per heavy atom. The Hall–Kier alpha value is -2.94. The lowest BCUT2D eigenvalue weighted by Crippen LogP contribution is -2.67. The molecule has 0 bridgehead atoms. The van der Waals surface area contributed by atoms with Gasteiger partial charge in [-0.2, -0.15) is 26.3 Å². The number of carbonyl (C=O) groups excluding carboxylic acids is 2. The molecule has 2 aliphatic rings. The van der Waals surface area contributed by atoms with Crippen molar-refractivity contribution in [2.24, 2.45) is 0 Å². The van der Waals surface area contributed by atoms with Gasteiger partial charge in [0.15, 0.2) is 0 Å². The minimum atomic E-state index is -4.65. The first-order valence-electron chi connectivity index (χ1n) is 10.5. The number of alkyl halides is 6. The van der Waals surface area contributed by atoms with Gasteiger partial charge in [-0.15, -0.1) is 0 Å². The van der Waals surface area contributed by atoms with Gasteiger partial charge in [0.1, 0.15) is 35.4 Å². The zero-order valence-corrected chi connectivity index (χ0v) is 20.2. The summed E-state index contributed by atoms with van der Waals surface area (Å²) in [6.45, 7) is 8.93. The molecule has 0 unspecified atom stereocenters. The molecule has 2 rings (SSSR count). The molecular weight excluding hydrogens is 510 g/mol. The molecule has 16 heteroatoms. The molecule has 2 amide bonds. The molecule has 0 aromatic rings. The number of amides is 2. The number of carboxylic acids is 2. The molecule has 2 heterocycles. The quantitative estimate of drug-likeness (QED) is 0.504. The fraction of sp³-hybridized carbons (Fsp3) is 0.800. The first-order chi connectivity index (χ1) is 15.9. The Kier molecular flexibility index (Phi) is 8.81. The van der Waals surface area contributed by atoms with Crippen LogP contribution in [0.3, 0.4) is 0 Å². The lowest BCUT2D eigenvalue weighted by Gasteiger charge is -2.46. The highest BCUT2D eigenvalue weighted by atomic mass is 19.4. The Morgan fingerprint density at radius 1 is 0.639 bits per heavy atom. The van der Waals surface area contributed by atoms with E-state index in [1.54, 1.807) is 0 Å². The van der Waals surface area contributed by atoms with Crippen LogP contribution in [0, 0.1) is 0 Å². The van der Waals surface area contributed by atoms with Gasteiger partial charge in [-0.25, -0.2) is 19.2 Å². The predicted molar refractivity (Wildman–Crippen MR) is 108 cm³/mol. The number of hydrogen-bond donors (Lipinski definition) is 2. The van der Waals surface area contributed by atoms with Crippen LogP contribution in [0.4, 0.5) is 35.9 Å². The lowest BCUT2D eigenvalue weighted by molar-refractivity contribution is -0.222. The van der Waals surface area contributed by atoms with Crippen LogP contribution in [0.15, 0.2) is 0 Å². The Balaban J connectivity index is 0.000000360. The monoisotopic (exact) mass is 538 g/mol. The second-order valence-corrected chi connectivity index (χ2v) is 10.1. The number of likely N-dealkylation sites (tertiary alicyclic amines) is 2. The number of ether oxygens (including phenoxy) is 2. The molecule has 10 nitrogen and oxygen atoms in total. The van der Waals surface area contributed by atoms with E-state index in [2.05, 4.69) is 0 Å². The molecule has 208 valence electrons. The molecule has 36 heavy (non-hydrogen) atoms. The average molecular weight is 538 g/mol. The largest absolute Gasteiger partial charge is 0.480 e. The molecule has 2 aliphatic heterocycles. The summed E-state index contributed by atoms with van der Waals surface area (Å²) in [4.78, 5) is 45.0. The normalized spacial score (nSPS) is 24.4. The second-order valence-electron chi connectivity index (χ2n) is 10.1. The van der Waals surface area contributed by atoms with Crippen molar-refractivity contribution in [1.82, 2.24) is 9.80 Å². The van der Waals surface area contributed by atoms with Crippen molar-refractivity contribution >= 4 is 24.1 Å². The van der Waals surface area contributed by atoms with Gasteiger partial charge in [0.2, 0.25) is 0 Å². The van der Waals surface area contributed by atoms with E-state index in [9.17, 15) is 45.5 Å². The third kappa shape index (κ3) is 8.05. The number of hydrogen-bond acceptors (Lipinski definition) is 6. The van der Waals surface area contributed by atoms with E-state index in [0.29, 0.717) is 0 Å². The average Bonchev–Trinajstić information content (AvgIpc) is 2.44. The molecule has 0 radical (unpaired) electrons. The summed E-state index contributed by atoms with van der Waals surface area (Å²) < 4.78 is 84.8. The number of rotatable bonds is 2. The molecule has 0 spiro atoms. The summed E-state index contributed by atoms with van der Waals surface area (Å²) in [5.41, 5.74) is -1.96. The van der Waals surface area contributed by atoms with Crippen molar-refractivity contribution in [2.45, 2.75) is 102 Å². The van der Waals surface area contributed by atoms with Crippen molar-refractivity contribution in [3.05, 3.63) is 0 Å². The Morgan fingerprint density at radius 2 is 0.889 bits per heavy atom. The SMILES string of the molecule is CC(C)(C)OC(=O)N1[C@@H](C(=O)O)C[C@H]1C(F)(F)F.CC(C)(C)OC(=O)N1[C@H](C(=O)O)C[C@@H]1C(F)(F)F. The fourth-order valence-electron chi connectivity index (χ4n) is 3.20. The molecule has 2 fully saturated rings.